The van der Waals surface area contributed by atoms with E-state index in [0.717, 1.165) is 21.3 Å². The summed E-state index contributed by atoms with van der Waals surface area (Å²) in [7, 11) is 0. The van der Waals surface area contributed by atoms with Crippen molar-refractivity contribution in [2.24, 2.45) is 0 Å². The highest BCUT2D eigenvalue weighted by Gasteiger charge is 2.24. The molecule has 0 aliphatic heterocycles. The van der Waals surface area contributed by atoms with Gasteiger partial charge in [-0.2, -0.15) is 0 Å². The van der Waals surface area contributed by atoms with Crippen molar-refractivity contribution in [2.45, 2.75) is 45.8 Å². The first kappa shape index (κ1) is 15.5. The Morgan fingerprint density at radius 2 is 1.78 bits per heavy atom. The highest BCUT2D eigenvalue weighted by Crippen LogP contribution is 2.26. The van der Waals surface area contributed by atoms with E-state index in [2.05, 4.69) is 15.9 Å². The van der Waals surface area contributed by atoms with Crippen LogP contribution in [0.1, 0.15) is 31.4 Å². The van der Waals surface area contributed by atoms with Crippen LogP contribution in [0, 0.1) is 13.8 Å². The average Bonchev–Trinajstić information content (AvgIpc) is 2.24. The number of aliphatic hydroxyl groups is 2. The lowest BCUT2D eigenvalue weighted by Crippen LogP contribution is -2.36. The Kier molecular flexibility index (Phi) is 5.20. The molecule has 0 radical (unpaired) electrons. The van der Waals surface area contributed by atoms with Crippen molar-refractivity contribution in [3.8, 4) is 5.75 Å². The zero-order chi connectivity index (χ0) is 13.9. The third-order valence-corrected chi connectivity index (χ3v) is 4.14. The van der Waals surface area contributed by atoms with E-state index in [-0.39, 0.29) is 0 Å². The standard InChI is InChI=1S/C14H21BrO3/c1-9-7-11(8-10(2)13(9)15)18-6-5-12(16)14(3,4)17/h7-8,12,16-17H,5-6H2,1-4H3. The van der Waals surface area contributed by atoms with E-state index in [1.54, 1.807) is 13.8 Å². The van der Waals surface area contributed by atoms with Crippen LogP contribution >= 0.6 is 15.9 Å². The molecule has 0 aliphatic rings. The van der Waals surface area contributed by atoms with E-state index in [9.17, 15) is 10.2 Å². The van der Waals surface area contributed by atoms with Crippen molar-refractivity contribution in [1.82, 2.24) is 0 Å². The molecule has 1 aromatic rings. The minimum atomic E-state index is -1.09. The van der Waals surface area contributed by atoms with E-state index < -0.39 is 11.7 Å². The second kappa shape index (κ2) is 6.04. The first-order chi connectivity index (χ1) is 8.21. The molecule has 0 aliphatic carbocycles. The van der Waals surface area contributed by atoms with Gasteiger partial charge >= 0.3 is 0 Å². The van der Waals surface area contributed by atoms with Crippen LogP contribution in [0.5, 0.6) is 5.75 Å². The summed E-state index contributed by atoms with van der Waals surface area (Å²) >= 11 is 3.50. The predicted molar refractivity (Wildman–Crippen MR) is 76.0 cm³/mol. The van der Waals surface area contributed by atoms with Crippen LogP contribution in [0.4, 0.5) is 0 Å². The summed E-state index contributed by atoms with van der Waals surface area (Å²) in [6, 6.07) is 3.90. The molecule has 1 rings (SSSR count). The highest BCUT2D eigenvalue weighted by molar-refractivity contribution is 9.10. The number of halogens is 1. The summed E-state index contributed by atoms with van der Waals surface area (Å²) in [4.78, 5) is 0. The summed E-state index contributed by atoms with van der Waals surface area (Å²) in [5, 5.41) is 19.3. The van der Waals surface area contributed by atoms with E-state index in [0.29, 0.717) is 13.0 Å². The lowest BCUT2D eigenvalue weighted by Gasteiger charge is -2.24. The summed E-state index contributed by atoms with van der Waals surface area (Å²) in [6.45, 7) is 7.58. The molecule has 0 fully saturated rings. The van der Waals surface area contributed by atoms with Crippen molar-refractivity contribution >= 4 is 15.9 Å². The maximum Gasteiger partial charge on any atom is 0.119 e. The summed E-state index contributed by atoms with van der Waals surface area (Å²) in [6.07, 6.45) is -0.382. The fourth-order valence-corrected chi connectivity index (χ4v) is 1.86. The third-order valence-electron chi connectivity index (χ3n) is 2.89. The highest BCUT2D eigenvalue weighted by atomic mass is 79.9. The van der Waals surface area contributed by atoms with Gasteiger partial charge in [0.1, 0.15) is 5.75 Å². The first-order valence-corrected chi connectivity index (χ1v) is 6.81. The molecule has 1 unspecified atom stereocenters. The van der Waals surface area contributed by atoms with Gasteiger partial charge in [-0.05, 0) is 51.0 Å². The second-order valence-electron chi connectivity index (χ2n) is 5.18. The van der Waals surface area contributed by atoms with Gasteiger partial charge in [0.05, 0.1) is 18.3 Å². The maximum atomic E-state index is 9.68. The zero-order valence-electron chi connectivity index (χ0n) is 11.3. The van der Waals surface area contributed by atoms with Gasteiger partial charge in [0.25, 0.3) is 0 Å². The fourth-order valence-electron chi connectivity index (χ4n) is 1.63. The lowest BCUT2D eigenvalue weighted by molar-refractivity contribution is -0.0557. The number of benzene rings is 1. The molecule has 0 amide bonds. The third kappa shape index (κ3) is 4.26. The minimum absolute atomic E-state index is 0.381. The van der Waals surface area contributed by atoms with E-state index >= 15 is 0 Å². The molecule has 1 atom stereocenters. The van der Waals surface area contributed by atoms with Crippen molar-refractivity contribution < 1.29 is 14.9 Å². The Morgan fingerprint density at radius 1 is 1.28 bits per heavy atom. The molecule has 3 nitrogen and oxygen atoms in total. The quantitative estimate of drug-likeness (QED) is 0.878. The number of ether oxygens (including phenoxy) is 1. The van der Waals surface area contributed by atoms with Crippen LogP contribution < -0.4 is 4.74 Å². The van der Waals surface area contributed by atoms with Gasteiger partial charge in [0.15, 0.2) is 0 Å². The number of aryl methyl sites for hydroxylation is 2. The van der Waals surface area contributed by atoms with Crippen LogP contribution in [-0.4, -0.2) is 28.5 Å². The molecule has 0 bridgehead atoms. The fraction of sp³-hybridized carbons (Fsp3) is 0.571. The molecular formula is C14H21BrO3. The smallest absolute Gasteiger partial charge is 0.119 e. The van der Waals surface area contributed by atoms with Crippen molar-refractivity contribution in [1.29, 1.82) is 0 Å². The molecule has 1 aromatic carbocycles. The van der Waals surface area contributed by atoms with Gasteiger partial charge in [-0.25, -0.2) is 0 Å². The van der Waals surface area contributed by atoms with E-state index in [4.69, 9.17) is 4.74 Å². The van der Waals surface area contributed by atoms with Crippen LogP contribution in [0.25, 0.3) is 0 Å². The van der Waals surface area contributed by atoms with Gasteiger partial charge < -0.3 is 14.9 Å². The van der Waals surface area contributed by atoms with Crippen molar-refractivity contribution in [2.75, 3.05) is 6.61 Å². The molecule has 4 heteroatoms. The molecule has 0 spiro atoms. The van der Waals surface area contributed by atoms with Crippen LogP contribution in [0.3, 0.4) is 0 Å². The van der Waals surface area contributed by atoms with E-state index in [1.807, 2.05) is 26.0 Å². The Labute approximate surface area is 117 Å². The zero-order valence-corrected chi connectivity index (χ0v) is 12.9. The largest absolute Gasteiger partial charge is 0.493 e. The molecule has 102 valence electrons. The topological polar surface area (TPSA) is 49.7 Å². The van der Waals surface area contributed by atoms with E-state index in [1.165, 1.54) is 0 Å². The maximum absolute atomic E-state index is 9.68. The Hall–Kier alpha value is -0.580. The van der Waals surface area contributed by atoms with Crippen LogP contribution in [-0.2, 0) is 0 Å². The van der Waals surface area contributed by atoms with Gasteiger partial charge in [0, 0.05) is 10.9 Å². The SMILES string of the molecule is Cc1cc(OCCC(O)C(C)(C)O)cc(C)c1Br. The average molecular weight is 317 g/mol. The van der Waals surface area contributed by atoms with Crippen LogP contribution in [0.15, 0.2) is 16.6 Å². The Morgan fingerprint density at radius 3 is 2.22 bits per heavy atom. The van der Waals surface area contributed by atoms with Gasteiger partial charge in [-0.1, -0.05) is 15.9 Å². The van der Waals surface area contributed by atoms with Crippen molar-refractivity contribution in [3.63, 3.8) is 0 Å². The number of hydrogen-bond acceptors (Lipinski definition) is 3. The summed E-state index contributed by atoms with van der Waals surface area (Å²) in [5.41, 5.74) is 1.15. The molecule has 0 aromatic heterocycles. The molecule has 0 saturated heterocycles. The molecule has 18 heavy (non-hydrogen) atoms. The summed E-state index contributed by atoms with van der Waals surface area (Å²) < 4.78 is 6.69. The Balaban J connectivity index is 2.55. The number of aliphatic hydroxyl groups excluding tert-OH is 1. The van der Waals surface area contributed by atoms with Gasteiger partial charge in [-0.15, -0.1) is 0 Å². The van der Waals surface area contributed by atoms with Crippen LogP contribution in [0.2, 0.25) is 0 Å². The first-order valence-electron chi connectivity index (χ1n) is 6.02. The second-order valence-corrected chi connectivity index (χ2v) is 5.97. The molecule has 2 N–H and O–H groups in total. The summed E-state index contributed by atoms with van der Waals surface area (Å²) in [5.74, 6) is 0.788. The van der Waals surface area contributed by atoms with Gasteiger partial charge in [0.2, 0.25) is 0 Å². The minimum Gasteiger partial charge on any atom is -0.493 e. The van der Waals surface area contributed by atoms with Crippen molar-refractivity contribution in [3.05, 3.63) is 27.7 Å². The Bertz CT molecular complexity index is 387. The normalized spacial score (nSPS) is 13.5. The number of rotatable bonds is 5. The van der Waals surface area contributed by atoms with Gasteiger partial charge in [-0.3, -0.25) is 0 Å². The molecular weight excluding hydrogens is 296 g/mol. The lowest BCUT2D eigenvalue weighted by atomic mass is 10.00. The number of hydrogen-bond donors (Lipinski definition) is 2. The monoisotopic (exact) mass is 316 g/mol. The molecule has 0 saturated carbocycles. The predicted octanol–water partition coefficient (Wildman–Crippen LogP) is 2.97. The molecule has 0 heterocycles.